The number of tetrazole rings is 3. The van der Waals surface area contributed by atoms with Crippen LogP contribution in [0.3, 0.4) is 0 Å². The smallest absolute Gasteiger partial charge is 0.0194 e. The van der Waals surface area contributed by atoms with Crippen LogP contribution in [0.4, 0.5) is 14.3 Å². The molecule has 1 fully saturated rings. The van der Waals surface area contributed by atoms with Crippen molar-refractivity contribution in [2.45, 2.75) is 53.2 Å². The van der Waals surface area contributed by atoms with Gasteiger partial charge in [-0.15, -0.1) is 54.6 Å². The SMILES string of the molecule is CCNC(=O)Nc1nc2cc(-c3ccc(-c4nnn(C)n4)nc3)ccc2s1.CF.Cn1nnc(-c2ccc(B3OC(C)(C)C(C)(C)O3)cn2)n1.Cn1nnc(-c2ccc(Br)cn2)n1.I.II.I[I-]I.[2H]C. The third kappa shape index (κ3) is 18.6. The molecule has 378 valence electrons. The second kappa shape index (κ2) is 31.5. The number of thiazole rings is 1. The van der Waals surface area contributed by atoms with Crippen LogP contribution in [-0.4, -0.2) is 119 Å². The number of nitrogens with zero attached hydrogens (tertiary/aromatic N) is 16. The molecule has 70 heavy (non-hydrogen) atoms. The fourth-order valence-corrected chi connectivity index (χ4v) is 6.56. The molecular formula is C39H48BBrFI6N18O3S-. The molecular weight excluding hydrogens is 1670 g/mol. The molecule has 0 unspecified atom stereocenters. The van der Waals surface area contributed by atoms with Crippen molar-refractivity contribution in [3.63, 3.8) is 0 Å². The first-order valence-electron chi connectivity index (χ1n) is 20.5. The Labute approximate surface area is 489 Å². The Hall–Kier alpha value is -2.19. The Morgan fingerprint density at radius 1 is 0.786 bits per heavy atom. The predicted molar refractivity (Wildman–Crippen MR) is 316 cm³/mol. The van der Waals surface area contributed by atoms with Crippen LogP contribution < -0.4 is 29.4 Å². The molecule has 0 spiro atoms. The van der Waals surface area contributed by atoms with E-state index in [1.54, 1.807) is 39.7 Å². The van der Waals surface area contributed by atoms with E-state index in [0.717, 1.165) is 37.0 Å². The van der Waals surface area contributed by atoms with Crippen molar-refractivity contribution < 1.29 is 33.1 Å². The number of carbonyl (C=O) groups excluding carboxylic acids is 1. The van der Waals surface area contributed by atoms with Gasteiger partial charge in [0.15, 0.2) is 5.13 Å². The molecule has 9 rings (SSSR count). The van der Waals surface area contributed by atoms with Crippen LogP contribution in [0, 0.1) is 0 Å². The van der Waals surface area contributed by atoms with Crippen LogP contribution in [0.15, 0.2) is 77.7 Å². The Morgan fingerprint density at radius 3 is 1.64 bits per heavy atom. The van der Waals surface area contributed by atoms with Gasteiger partial charge in [-0.25, -0.2) is 9.78 Å². The molecule has 0 atom stereocenters. The first-order valence-corrected chi connectivity index (χ1v) is 40.0. The number of urea groups is 1. The molecule has 8 aromatic rings. The Morgan fingerprint density at radius 2 is 1.24 bits per heavy atom. The van der Waals surface area contributed by atoms with Crippen molar-refractivity contribution in [1.82, 2.24) is 85.9 Å². The molecule has 0 bridgehead atoms. The summed E-state index contributed by atoms with van der Waals surface area (Å²) in [6, 6.07) is 17.0. The summed E-state index contributed by atoms with van der Waals surface area (Å²) >= 11 is 14.3. The van der Waals surface area contributed by atoms with E-state index < -0.39 is 7.12 Å². The topological polar surface area (TPSA) is 242 Å². The van der Waals surface area contributed by atoms with Crippen molar-refractivity contribution in [3.8, 4) is 45.7 Å². The molecule has 2 amide bonds. The first-order chi connectivity index (χ1) is 33.6. The quantitative estimate of drug-likeness (QED) is 0.125. The normalized spacial score (nSPS) is 12.7. The third-order valence-electron chi connectivity index (χ3n) is 9.29. The van der Waals surface area contributed by atoms with E-state index in [2.05, 4.69) is 167 Å². The van der Waals surface area contributed by atoms with Gasteiger partial charge in [0.1, 0.15) is 17.1 Å². The van der Waals surface area contributed by atoms with Gasteiger partial charge in [0.2, 0.25) is 17.5 Å². The summed E-state index contributed by atoms with van der Waals surface area (Å²) in [6.45, 7) is 10.5. The number of halogens is 8. The zero-order valence-electron chi connectivity index (χ0n) is 40.1. The van der Waals surface area contributed by atoms with Crippen LogP contribution in [0.5, 0.6) is 0 Å². The molecule has 1 saturated heterocycles. The number of anilines is 1. The van der Waals surface area contributed by atoms with Crippen molar-refractivity contribution in [3.05, 3.63) is 77.7 Å². The van der Waals surface area contributed by atoms with Gasteiger partial charge >= 0.3 is 63.6 Å². The minimum Gasteiger partial charge on any atom is -0.0776 e. The fraction of sp³-hybridized carbons (Fsp3) is 0.333. The van der Waals surface area contributed by atoms with Crippen LogP contribution in [0.2, 0.25) is 0 Å². The summed E-state index contributed by atoms with van der Waals surface area (Å²) in [4.78, 5) is 33.3. The van der Waals surface area contributed by atoms with E-state index in [1.165, 1.54) is 33.1 Å². The maximum atomic E-state index is 11.6. The summed E-state index contributed by atoms with van der Waals surface area (Å²) in [5.41, 5.74) is 4.98. The van der Waals surface area contributed by atoms with Gasteiger partial charge in [0, 0.05) is 79.2 Å². The van der Waals surface area contributed by atoms with E-state index in [9.17, 15) is 9.18 Å². The van der Waals surface area contributed by atoms with E-state index >= 15 is 0 Å². The Kier molecular flexibility index (Phi) is 28.0. The molecule has 8 heterocycles. The molecule has 31 heteroatoms. The van der Waals surface area contributed by atoms with Crippen LogP contribution in [-0.2, 0) is 30.5 Å². The fourth-order valence-electron chi connectivity index (χ4n) is 5.48. The number of aryl methyl sites for hydroxylation is 3. The number of pyridine rings is 3. The summed E-state index contributed by atoms with van der Waals surface area (Å²) in [5, 5.41) is 41.4. The average Bonchev–Trinajstić information content (AvgIpc) is 4.22. The van der Waals surface area contributed by atoms with Gasteiger partial charge in [-0.05, 0) is 108 Å². The van der Waals surface area contributed by atoms with Gasteiger partial charge < -0.3 is 14.6 Å². The molecule has 0 saturated carbocycles. The Balaban J connectivity index is 0.000000349. The average molecular weight is 1720 g/mol. The number of carbonyl (C=O) groups is 1. The zero-order chi connectivity index (χ0) is 52.0. The monoisotopic (exact) mass is 1720 g/mol. The molecule has 1 aliphatic heterocycles. The summed E-state index contributed by atoms with van der Waals surface area (Å²) in [5.74, 6) is 1.52. The predicted octanol–water partition coefficient (Wildman–Crippen LogP) is 6.68. The standard InChI is InChI=1S/C17H16N8OS.C13H18BN5O2.C7H6BrN5.CH3F.CH4.I3.I2.HI/c1-3-18-16(26)21-17-20-13-8-10(5-7-14(13)27-17)11-4-6-12(19-9-11)15-22-24-25(2)23-15;1-12(2)13(3,4)21-14(20-12)9-6-7-10(15-8-9)11-16-18-19(5)17-11;1-13-11-7(10-12-13)6-3-2-5(8)4-9-6;1-2;;1-3-2;1-2;/h4-9H,3H2,1-2H3,(H2,18,20,21,26);6-8H,1-5H3;2-4H,1H3;1H3;1H4;;;1H/q;;;;;-1;;/i;;;;1D;;;. The number of fused-ring (bicyclic) bond motifs is 1. The van der Waals surface area contributed by atoms with Crippen LogP contribution in [0.25, 0.3) is 55.9 Å². The number of amides is 2. The number of rotatable bonds is 7. The maximum Gasteiger partial charge on any atom is 0.0194 e. The number of hydrogen-bond donors (Lipinski definition) is 2. The number of benzene rings is 1. The van der Waals surface area contributed by atoms with Gasteiger partial charge in [-0.1, -0.05) is 36.9 Å². The molecule has 0 radical (unpaired) electrons. The van der Waals surface area contributed by atoms with Gasteiger partial charge in [0.05, 0.1) is 49.7 Å². The Bertz CT molecular complexity index is 2780. The van der Waals surface area contributed by atoms with E-state index in [0.29, 0.717) is 61.0 Å². The molecule has 1 aromatic carbocycles. The maximum absolute atomic E-state index is 11.6. The molecule has 1 aliphatic rings. The van der Waals surface area contributed by atoms with Crippen molar-refractivity contribution in [2.24, 2.45) is 21.1 Å². The van der Waals surface area contributed by atoms with E-state index in [-0.39, 0.29) is 41.2 Å². The molecule has 0 aliphatic carbocycles. The number of alkyl halides is 1. The van der Waals surface area contributed by atoms with Crippen LogP contribution in [0.1, 0.15) is 43.4 Å². The minimum absolute atomic E-state index is 0. The van der Waals surface area contributed by atoms with Gasteiger partial charge in [0.25, 0.3) is 0 Å². The summed E-state index contributed by atoms with van der Waals surface area (Å²) < 4.78 is 29.2. The molecule has 7 aromatic heterocycles. The van der Waals surface area contributed by atoms with Crippen molar-refractivity contribution in [2.75, 3.05) is 19.0 Å². The van der Waals surface area contributed by atoms with Crippen LogP contribution >= 0.6 is 126 Å². The molecule has 21 nitrogen and oxygen atoms in total. The van der Waals surface area contributed by atoms with E-state index in [4.69, 9.17) is 10.7 Å². The van der Waals surface area contributed by atoms with Gasteiger partial charge in [-0.3, -0.25) is 24.7 Å². The number of nitrogens with one attached hydrogen (secondary N) is 2. The largest absolute Gasteiger partial charge is 0.0776 e. The summed E-state index contributed by atoms with van der Waals surface area (Å²) in [7, 11) is 6.49. The number of hydrogen-bond acceptors (Lipinski definition) is 17. The van der Waals surface area contributed by atoms with Crippen molar-refractivity contribution >= 4 is 160 Å². The minimum atomic E-state index is -0.411. The third-order valence-corrected chi connectivity index (χ3v) is 10.7. The number of aromatic nitrogens is 16. The second-order valence-corrected chi connectivity index (χ2v) is 32.6. The molecule has 2 N–H and O–H groups in total. The second-order valence-electron chi connectivity index (χ2n) is 14.4. The van der Waals surface area contributed by atoms with Crippen molar-refractivity contribution in [1.29, 1.82) is 0 Å². The first kappa shape index (κ1) is 62.1. The zero-order valence-corrected chi connectivity index (χ0v) is 54.6. The van der Waals surface area contributed by atoms with Gasteiger partial charge in [-0.2, -0.15) is 14.4 Å². The summed E-state index contributed by atoms with van der Waals surface area (Å²) in [6.07, 6.45) is 5.20. The van der Waals surface area contributed by atoms with E-state index in [1.807, 2.05) is 89.2 Å².